The summed E-state index contributed by atoms with van der Waals surface area (Å²) in [7, 11) is 1.35. The molecule has 0 aliphatic carbocycles. The molecule has 6 heteroatoms. The second-order valence-electron chi connectivity index (χ2n) is 0.537. The summed E-state index contributed by atoms with van der Waals surface area (Å²) in [5, 5.41) is 3.31. The first-order chi connectivity index (χ1) is 3.00. The van der Waals surface area contributed by atoms with Crippen LogP contribution in [0.4, 0.5) is 0 Å². The Bertz CT molecular complexity index is 77.5. The van der Waals surface area contributed by atoms with Crippen molar-refractivity contribution < 1.29 is 0 Å². The van der Waals surface area contributed by atoms with Crippen LogP contribution in [0.15, 0.2) is 0 Å². The van der Waals surface area contributed by atoms with Gasteiger partial charge in [0.05, 0.1) is 0 Å². The molecule has 0 spiro atoms. The van der Waals surface area contributed by atoms with Crippen molar-refractivity contribution >= 4 is 17.0 Å². The van der Waals surface area contributed by atoms with E-state index in [0.717, 1.165) is 0 Å². The van der Waals surface area contributed by atoms with Crippen molar-refractivity contribution in [1.82, 2.24) is 19.4 Å². The molecule has 4 nitrogen and oxygen atoms in total. The highest BCUT2D eigenvalue weighted by Crippen LogP contribution is 1.88. The lowest BCUT2D eigenvalue weighted by molar-refractivity contribution is 0.977. The zero-order chi connectivity index (χ0) is 4.24. The quantitative estimate of drug-likeness (QED) is 0.495. The number of nitrogens with zero attached hydrogens (tertiary/aromatic N) is 4. The molecule has 0 aliphatic heterocycles. The third-order valence-electron chi connectivity index (χ3n) is 0.240. The van der Waals surface area contributed by atoms with Gasteiger partial charge in [0.15, 0.2) is 17.0 Å². The van der Waals surface area contributed by atoms with Crippen LogP contribution < -0.4 is 0 Å². The minimum atomic E-state index is 0.676. The lowest BCUT2D eigenvalue weighted by Gasteiger charge is -1.64. The van der Waals surface area contributed by atoms with Crippen LogP contribution in [0, 0.1) is 0 Å². The molecule has 0 saturated carbocycles. The van der Waals surface area contributed by atoms with Gasteiger partial charge in [0, 0.05) is 0 Å². The summed E-state index contributed by atoms with van der Waals surface area (Å²) in [5.74, 6) is 0. The van der Waals surface area contributed by atoms with Gasteiger partial charge in [0.2, 0.25) is 0 Å². The first-order valence-electron chi connectivity index (χ1n) is 1.20. The topological polar surface area (TPSA) is 51.6 Å². The lowest BCUT2D eigenvalue weighted by Crippen LogP contribution is -1.70. The molecule has 0 fully saturated rings. The van der Waals surface area contributed by atoms with Crippen molar-refractivity contribution in [2.45, 2.75) is 0 Å². The van der Waals surface area contributed by atoms with Gasteiger partial charge < -0.3 is 0 Å². The molecule has 0 saturated heterocycles. The second kappa shape index (κ2) is 2.06. The van der Waals surface area contributed by atoms with Crippen molar-refractivity contribution in [2.75, 3.05) is 0 Å². The molecule has 1 rings (SSSR count). The standard InChI is InChI=1S/N4P2/c1-2-5-4-6-3-1. The van der Waals surface area contributed by atoms with Crippen LogP contribution in [0.1, 0.15) is 0 Å². The molecular weight excluding hydrogens is 118 g/mol. The third-order valence-corrected chi connectivity index (χ3v) is 1.20. The van der Waals surface area contributed by atoms with Gasteiger partial charge in [0.25, 0.3) is 0 Å². The fourth-order valence-electron chi connectivity index (χ4n) is 0.107. The highest BCUT2D eigenvalue weighted by atomic mass is 31.1. The molecule has 0 radical (unpaired) electrons. The van der Waals surface area contributed by atoms with Crippen molar-refractivity contribution in [3.8, 4) is 0 Å². The fraction of sp³-hybridized carbons (Fsp3) is 0. The number of hydrogen-bond acceptors (Lipinski definition) is 4. The molecule has 1 aromatic rings. The van der Waals surface area contributed by atoms with E-state index in [-0.39, 0.29) is 0 Å². The predicted molar refractivity (Wildman–Crippen MR) is 22.6 cm³/mol. The maximum atomic E-state index is 3.69. The molecule has 0 aliphatic rings. The van der Waals surface area contributed by atoms with Gasteiger partial charge in [-0.3, -0.25) is 0 Å². The van der Waals surface area contributed by atoms with E-state index in [1.807, 2.05) is 0 Å². The SMILES string of the molecule is n1npnpn1. The van der Waals surface area contributed by atoms with Crippen LogP contribution in [0.25, 0.3) is 0 Å². The largest absolute Gasteiger partial charge is 0.186 e. The Balaban J connectivity index is 3.00. The molecule has 1 heterocycles. The average Bonchev–Trinajstić information content (AvgIpc) is 1.72. The normalized spacial score (nSPS) is 10.7. The van der Waals surface area contributed by atoms with Crippen molar-refractivity contribution in [1.29, 1.82) is 0 Å². The van der Waals surface area contributed by atoms with E-state index in [0.29, 0.717) is 17.0 Å². The average molecular weight is 118 g/mol. The monoisotopic (exact) mass is 118 g/mol. The van der Waals surface area contributed by atoms with Gasteiger partial charge in [-0.1, -0.05) is 9.72 Å². The van der Waals surface area contributed by atoms with E-state index in [9.17, 15) is 0 Å². The van der Waals surface area contributed by atoms with Gasteiger partial charge in [-0.2, -0.15) is 4.51 Å². The Hall–Kier alpha value is -0.200. The van der Waals surface area contributed by atoms with Gasteiger partial charge in [0.1, 0.15) is 0 Å². The molecule has 30 valence electrons. The first-order valence-corrected chi connectivity index (χ1v) is 2.80. The Morgan fingerprint density at radius 2 is 1.67 bits per heavy atom. The van der Waals surface area contributed by atoms with E-state index in [2.05, 4.69) is 19.4 Å². The molecule has 0 aromatic carbocycles. The minimum absolute atomic E-state index is 0.676. The first kappa shape index (κ1) is 3.97. The highest BCUT2D eigenvalue weighted by Gasteiger charge is 1.64. The van der Waals surface area contributed by atoms with Crippen molar-refractivity contribution in [3.63, 3.8) is 0 Å². The number of hydrogen-bond donors (Lipinski definition) is 0. The summed E-state index contributed by atoms with van der Waals surface area (Å²) in [4.78, 5) is 6.87. The zero-order valence-corrected chi connectivity index (χ0v) is 4.47. The lowest BCUT2D eigenvalue weighted by atomic mass is 12.8. The molecule has 0 bridgehead atoms. The maximum Gasteiger partial charge on any atom is 0.186 e. The minimum Gasteiger partial charge on any atom is -0.163 e. The van der Waals surface area contributed by atoms with E-state index in [1.165, 1.54) is 0 Å². The molecule has 0 amide bonds. The van der Waals surface area contributed by atoms with Gasteiger partial charge in [-0.05, 0) is 5.21 Å². The summed E-state index contributed by atoms with van der Waals surface area (Å²) >= 11 is 0. The second-order valence-corrected chi connectivity index (χ2v) is 1.97. The van der Waals surface area contributed by atoms with Gasteiger partial charge in [-0.25, -0.2) is 0 Å². The molecule has 1 aromatic heterocycles. The van der Waals surface area contributed by atoms with Gasteiger partial charge >= 0.3 is 0 Å². The predicted octanol–water partition coefficient (Wildman–Crippen LogP) is 0.427. The third kappa shape index (κ3) is 0.886. The molecule has 0 N–H and O–H groups in total. The van der Waals surface area contributed by atoms with Crippen molar-refractivity contribution in [2.24, 2.45) is 0 Å². The molecule has 0 unspecified atom stereocenters. The Labute approximate surface area is 37.5 Å². The van der Waals surface area contributed by atoms with Crippen LogP contribution in [-0.2, 0) is 0 Å². The molecule has 0 atom stereocenters. The summed E-state index contributed by atoms with van der Waals surface area (Å²) in [6.07, 6.45) is 0. The summed E-state index contributed by atoms with van der Waals surface area (Å²) in [5.41, 5.74) is 0. The molecule has 6 heavy (non-hydrogen) atoms. The smallest absolute Gasteiger partial charge is 0.163 e. The Morgan fingerprint density at radius 3 is 1.83 bits per heavy atom. The van der Waals surface area contributed by atoms with Crippen LogP contribution in [0.3, 0.4) is 0 Å². The van der Waals surface area contributed by atoms with Crippen LogP contribution in [0.5, 0.6) is 0 Å². The van der Waals surface area contributed by atoms with Crippen molar-refractivity contribution in [3.05, 3.63) is 0 Å². The number of rotatable bonds is 0. The maximum absolute atomic E-state index is 3.69. The number of aromatic nitrogens is 4. The summed E-state index contributed by atoms with van der Waals surface area (Å²) in [6.45, 7) is 0. The van der Waals surface area contributed by atoms with E-state index < -0.39 is 0 Å². The van der Waals surface area contributed by atoms with E-state index in [1.54, 1.807) is 0 Å². The van der Waals surface area contributed by atoms with Crippen LogP contribution in [0.2, 0.25) is 0 Å². The Morgan fingerprint density at radius 1 is 1.00 bits per heavy atom. The van der Waals surface area contributed by atoms with Crippen LogP contribution in [-0.4, -0.2) is 19.4 Å². The van der Waals surface area contributed by atoms with E-state index in [4.69, 9.17) is 0 Å². The Kier molecular flexibility index (Phi) is 1.36. The summed E-state index contributed by atoms with van der Waals surface area (Å²) < 4.78 is 3.69. The zero-order valence-electron chi connectivity index (χ0n) is 2.68. The molecular formula is N4P2. The summed E-state index contributed by atoms with van der Waals surface area (Å²) in [6, 6.07) is 0. The van der Waals surface area contributed by atoms with Gasteiger partial charge in [-0.15, -0.1) is 0 Å². The van der Waals surface area contributed by atoms with E-state index >= 15 is 0 Å². The highest BCUT2D eigenvalue weighted by molar-refractivity contribution is 7.32. The fourth-order valence-corrected chi connectivity index (χ4v) is 0.751. The van der Waals surface area contributed by atoms with Crippen LogP contribution >= 0.6 is 17.0 Å².